The van der Waals surface area contributed by atoms with E-state index in [9.17, 15) is 13.2 Å². The summed E-state index contributed by atoms with van der Waals surface area (Å²) in [7, 11) is 0. The van der Waals surface area contributed by atoms with Crippen molar-refractivity contribution in [2.45, 2.75) is 18.5 Å². The molecule has 1 fully saturated rings. The van der Waals surface area contributed by atoms with Gasteiger partial charge in [0.25, 0.3) is 0 Å². The zero-order valence-corrected chi connectivity index (χ0v) is 8.09. The van der Waals surface area contributed by atoms with Crippen LogP contribution >= 0.6 is 0 Å². The second-order valence-corrected chi connectivity index (χ2v) is 3.96. The standard InChI is InChI=1S/C11H12F3N/c12-11(13,14)9-3-1-2-7(4-9)10-5-8(10)6-15/h1-4,8,10H,5-6,15H2. The van der Waals surface area contributed by atoms with E-state index in [-0.39, 0.29) is 5.92 Å². The predicted octanol–water partition coefficient (Wildman–Crippen LogP) is 2.77. The first kappa shape index (κ1) is 10.5. The van der Waals surface area contributed by atoms with E-state index in [1.807, 2.05) is 0 Å². The molecule has 2 unspecified atom stereocenters. The van der Waals surface area contributed by atoms with E-state index in [0.717, 1.165) is 18.1 Å². The minimum atomic E-state index is -4.25. The van der Waals surface area contributed by atoms with Gasteiger partial charge in [0.15, 0.2) is 0 Å². The molecule has 0 aromatic heterocycles. The van der Waals surface area contributed by atoms with Crippen LogP contribution < -0.4 is 5.73 Å². The van der Waals surface area contributed by atoms with E-state index in [0.29, 0.717) is 12.5 Å². The fourth-order valence-corrected chi connectivity index (χ4v) is 1.86. The molecule has 1 saturated carbocycles. The summed E-state index contributed by atoms with van der Waals surface area (Å²) in [5, 5.41) is 0. The molecule has 1 nitrogen and oxygen atoms in total. The molecule has 0 bridgehead atoms. The van der Waals surface area contributed by atoms with Crippen molar-refractivity contribution >= 4 is 0 Å². The van der Waals surface area contributed by atoms with Gasteiger partial charge < -0.3 is 5.73 Å². The van der Waals surface area contributed by atoms with Gasteiger partial charge in [-0.25, -0.2) is 0 Å². The Bertz CT molecular complexity index is 359. The number of nitrogens with two attached hydrogens (primary N) is 1. The molecule has 2 N–H and O–H groups in total. The van der Waals surface area contributed by atoms with Gasteiger partial charge >= 0.3 is 6.18 Å². The van der Waals surface area contributed by atoms with E-state index in [1.54, 1.807) is 6.07 Å². The minimum Gasteiger partial charge on any atom is -0.330 e. The Morgan fingerprint density at radius 1 is 1.33 bits per heavy atom. The fraction of sp³-hybridized carbons (Fsp3) is 0.455. The van der Waals surface area contributed by atoms with Crippen molar-refractivity contribution in [3.8, 4) is 0 Å². The van der Waals surface area contributed by atoms with E-state index in [4.69, 9.17) is 5.73 Å². The van der Waals surface area contributed by atoms with Gasteiger partial charge in [-0.3, -0.25) is 0 Å². The van der Waals surface area contributed by atoms with Crippen molar-refractivity contribution in [3.05, 3.63) is 35.4 Å². The molecular formula is C11H12F3N. The molecule has 1 aliphatic carbocycles. The first-order valence-corrected chi connectivity index (χ1v) is 4.89. The van der Waals surface area contributed by atoms with Crippen LogP contribution in [0.5, 0.6) is 0 Å². The van der Waals surface area contributed by atoms with Gasteiger partial charge in [-0.2, -0.15) is 13.2 Å². The van der Waals surface area contributed by atoms with Crippen LogP contribution in [0.2, 0.25) is 0 Å². The summed E-state index contributed by atoms with van der Waals surface area (Å²) in [4.78, 5) is 0. The Labute approximate surface area is 86.1 Å². The highest BCUT2D eigenvalue weighted by molar-refractivity contribution is 5.31. The summed E-state index contributed by atoms with van der Waals surface area (Å²) in [6, 6.07) is 5.54. The van der Waals surface area contributed by atoms with Gasteiger partial charge in [0.05, 0.1) is 5.56 Å². The van der Waals surface area contributed by atoms with Crippen molar-refractivity contribution in [2.75, 3.05) is 6.54 Å². The van der Waals surface area contributed by atoms with Gasteiger partial charge in [-0.15, -0.1) is 0 Å². The van der Waals surface area contributed by atoms with Crippen LogP contribution in [0.25, 0.3) is 0 Å². The molecule has 1 aromatic rings. The van der Waals surface area contributed by atoms with Crippen molar-refractivity contribution < 1.29 is 13.2 Å². The highest BCUT2D eigenvalue weighted by Gasteiger charge is 2.38. The van der Waals surface area contributed by atoms with Gasteiger partial charge in [0, 0.05) is 0 Å². The van der Waals surface area contributed by atoms with E-state index >= 15 is 0 Å². The summed E-state index contributed by atoms with van der Waals surface area (Å²) in [6.07, 6.45) is -3.33. The highest BCUT2D eigenvalue weighted by atomic mass is 19.4. The number of hydrogen-bond donors (Lipinski definition) is 1. The lowest BCUT2D eigenvalue weighted by molar-refractivity contribution is -0.137. The SMILES string of the molecule is NCC1CC1c1cccc(C(F)(F)F)c1. The number of rotatable bonds is 2. The summed E-state index contributed by atoms with van der Waals surface area (Å²) >= 11 is 0. The second kappa shape index (κ2) is 3.52. The second-order valence-electron chi connectivity index (χ2n) is 3.96. The van der Waals surface area contributed by atoms with Gasteiger partial charge in [-0.05, 0) is 36.4 Å². The lowest BCUT2D eigenvalue weighted by Crippen LogP contribution is -2.06. The van der Waals surface area contributed by atoms with Crippen molar-refractivity contribution in [2.24, 2.45) is 11.7 Å². The molecule has 0 radical (unpaired) electrons. The Morgan fingerprint density at radius 3 is 2.60 bits per heavy atom. The third kappa shape index (κ3) is 2.15. The summed E-state index contributed by atoms with van der Waals surface area (Å²) in [5.74, 6) is 0.603. The quantitative estimate of drug-likeness (QED) is 0.806. The molecular weight excluding hydrogens is 203 g/mol. The minimum absolute atomic E-state index is 0.234. The molecule has 2 atom stereocenters. The Hall–Kier alpha value is -1.03. The fourth-order valence-electron chi connectivity index (χ4n) is 1.86. The van der Waals surface area contributed by atoms with Crippen LogP contribution in [-0.2, 0) is 6.18 Å². The maximum atomic E-state index is 12.4. The molecule has 1 aromatic carbocycles. The van der Waals surface area contributed by atoms with Gasteiger partial charge in [0.2, 0.25) is 0 Å². The average molecular weight is 215 g/mol. The number of benzene rings is 1. The third-order valence-corrected chi connectivity index (χ3v) is 2.87. The summed E-state index contributed by atoms with van der Waals surface area (Å²) in [5.41, 5.74) is 5.66. The number of hydrogen-bond acceptors (Lipinski definition) is 1. The Morgan fingerprint density at radius 2 is 2.07 bits per heavy atom. The van der Waals surface area contributed by atoms with Gasteiger partial charge in [0.1, 0.15) is 0 Å². The average Bonchev–Trinajstić information content (AvgIpc) is 2.95. The third-order valence-electron chi connectivity index (χ3n) is 2.87. The lowest BCUT2D eigenvalue weighted by atomic mass is 10.1. The van der Waals surface area contributed by atoms with Crippen molar-refractivity contribution in [1.82, 2.24) is 0 Å². The van der Waals surface area contributed by atoms with Crippen molar-refractivity contribution in [1.29, 1.82) is 0 Å². The Balaban J connectivity index is 2.21. The highest BCUT2D eigenvalue weighted by Crippen LogP contribution is 2.47. The molecule has 82 valence electrons. The molecule has 0 aliphatic heterocycles. The van der Waals surface area contributed by atoms with Crippen molar-refractivity contribution in [3.63, 3.8) is 0 Å². The van der Waals surface area contributed by atoms with Crippen LogP contribution in [0.15, 0.2) is 24.3 Å². The molecule has 4 heteroatoms. The first-order valence-electron chi connectivity index (χ1n) is 4.89. The van der Waals surface area contributed by atoms with Crippen LogP contribution in [0.1, 0.15) is 23.5 Å². The summed E-state index contributed by atoms with van der Waals surface area (Å²) < 4.78 is 37.2. The molecule has 15 heavy (non-hydrogen) atoms. The Kier molecular flexibility index (Phi) is 2.46. The summed E-state index contributed by atoms with van der Waals surface area (Å²) in [6.45, 7) is 0.556. The molecule has 0 heterocycles. The zero-order chi connectivity index (χ0) is 11.1. The molecule has 0 amide bonds. The molecule has 0 spiro atoms. The lowest BCUT2D eigenvalue weighted by Gasteiger charge is -2.08. The van der Waals surface area contributed by atoms with E-state index < -0.39 is 11.7 Å². The normalized spacial score (nSPS) is 25.3. The molecule has 2 rings (SSSR count). The van der Waals surface area contributed by atoms with Gasteiger partial charge in [-0.1, -0.05) is 18.2 Å². The van der Waals surface area contributed by atoms with E-state index in [2.05, 4.69) is 0 Å². The maximum absolute atomic E-state index is 12.4. The number of halogens is 3. The zero-order valence-electron chi connectivity index (χ0n) is 8.09. The van der Waals surface area contributed by atoms with Crippen LogP contribution in [0, 0.1) is 5.92 Å². The van der Waals surface area contributed by atoms with Crippen LogP contribution in [0.4, 0.5) is 13.2 Å². The smallest absolute Gasteiger partial charge is 0.330 e. The maximum Gasteiger partial charge on any atom is 0.416 e. The molecule has 1 aliphatic rings. The molecule has 0 saturated heterocycles. The van der Waals surface area contributed by atoms with Crippen LogP contribution in [-0.4, -0.2) is 6.54 Å². The van der Waals surface area contributed by atoms with E-state index in [1.165, 1.54) is 12.1 Å². The predicted molar refractivity (Wildman–Crippen MR) is 51.3 cm³/mol. The largest absolute Gasteiger partial charge is 0.416 e. The number of alkyl halides is 3. The monoisotopic (exact) mass is 215 g/mol. The topological polar surface area (TPSA) is 26.0 Å². The van der Waals surface area contributed by atoms with Crippen LogP contribution in [0.3, 0.4) is 0 Å². The first-order chi connectivity index (χ1) is 7.02.